The number of carbonyl (C=O) groups is 1. The molecule has 2 rings (SSSR count). The third-order valence-corrected chi connectivity index (χ3v) is 3.35. The normalized spacial score (nSPS) is 11.7. The van der Waals surface area contributed by atoms with E-state index in [1.54, 1.807) is 12.1 Å². The molecule has 2 aromatic rings. The summed E-state index contributed by atoms with van der Waals surface area (Å²) in [6.07, 6.45) is 1.41. The van der Waals surface area contributed by atoms with Crippen LogP contribution in [0, 0.1) is 0 Å². The summed E-state index contributed by atoms with van der Waals surface area (Å²) in [5.41, 5.74) is 1.33. The Morgan fingerprint density at radius 3 is 2.84 bits per heavy atom. The van der Waals surface area contributed by atoms with Crippen molar-refractivity contribution in [1.82, 2.24) is 20.8 Å². The van der Waals surface area contributed by atoms with Crippen LogP contribution in [0.2, 0.25) is 0 Å². The van der Waals surface area contributed by atoms with E-state index in [1.165, 1.54) is 18.3 Å². The van der Waals surface area contributed by atoms with Crippen LogP contribution >= 0.6 is 12.4 Å². The van der Waals surface area contributed by atoms with Crippen molar-refractivity contribution in [2.45, 2.75) is 26.5 Å². The van der Waals surface area contributed by atoms with Gasteiger partial charge in [-0.25, -0.2) is 0 Å². The van der Waals surface area contributed by atoms with E-state index in [2.05, 4.69) is 25.6 Å². The SMILES string of the molecule is CCN[C@H](C)CNC(=O)c1cn[nH]c1-c1cccc(OC(F)F)c1.Cl. The van der Waals surface area contributed by atoms with Gasteiger partial charge in [-0.3, -0.25) is 9.89 Å². The molecule has 0 saturated heterocycles. The number of aromatic nitrogens is 2. The van der Waals surface area contributed by atoms with Gasteiger partial charge in [-0.2, -0.15) is 13.9 Å². The first-order valence-corrected chi connectivity index (χ1v) is 7.61. The molecule has 138 valence electrons. The molecule has 0 unspecified atom stereocenters. The number of likely N-dealkylation sites (N-methyl/N-ethyl adjacent to an activating group) is 1. The van der Waals surface area contributed by atoms with Crippen LogP contribution in [0.4, 0.5) is 8.78 Å². The zero-order valence-electron chi connectivity index (χ0n) is 13.9. The smallest absolute Gasteiger partial charge is 0.387 e. The molecule has 1 atom stereocenters. The number of nitrogens with one attached hydrogen (secondary N) is 3. The highest BCUT2D eigenvalue weighted by Gasteiger charge is 2.16. The first-order chi connectivity index (χ1) is 11.5. The van der Waals surface area contributed by atoms with Crippen molar-refractivity contribution in [3.8, 4) is 17.0 Å². The molecule has 3 N–H and O–H groups in total. The average Bonchev–Trinajstić information content (AvgIpc) is 3.02. The molecule has 0 saturated carbocycles. The monoisotopic (exact) mass is 374 g/mol. The van der Waals surface area contributed by atoms with E-state index in [-0.39, 0.29) is 30.1 Å². The Hall–Kier alpha value is -2.19. The van der Waals surface area contributed by atoms with Crippen LogP contribution in [0.3, 0.4) is 0 Å². The molecular formula is C16H21ClF2N4O2. The quantitative estimate of drug-likeness (QED) is 0.664. The van der Waals surface area contributed by atoms with Crippen molar-refractivity contribution >= 4 is 18.3 Å². The molecule has 0 aliphatic heterocycles. The van der Waals surface area contributed by atoms with E-state index in [0.29, 0.717) is 23.4 Å². The zero-order chi connectivity index (χ0) is 17.5. The molecule has 0 aliphatic carbocycles. The van der Waals surface area contributed by atoms with Crippen LogP contribution < -0.4 is 15.4 Å². The van der Waals surface area contributed by atoms with Gasteiger partial charge in [0.2, 0.25) is 0 Å². The molecule has 1 aromatic carbocycles. The summed E-state index contributed by atoms with van der Waals surface area (Å²) in [7, 11) is 0. The van der Waals surface area contributed by atoms with E-state index in [9.17, 15) is 13.6 Å². The minimum absolute atomic E-state index is 0. The van der Waals surface area contributed by atoms with Gasteiger partial charge in [0.15, 0.2) is 0 Å². The second kappa shape index (κ2) is 9.95. The predicted octanol–water partition coefficient (Wildman–Crippen LogP) is 2.83. The zero-order valence-corrected chi connectivity index (χ0v) is 14.7. The predicted molar refractivity (Wildman–Crippen MR) is 93.4 cm³/mol. The first kappa shape index (κ1) is 20.9. The van der Waals surface area contributed by atoms with Gasteiger partial charge in [0, 0.05) is 18.2 Å². The lowest BCUT2D eigenvalue weighted by atomic mass is 10.1. The first-order valence-electron chi connectivity index (χ1n) is 7.61. The lowest BCUT2D eigenvalue weighted by molar-refractivity contribution is -0.0498. The van der Waals surface area contributed by atoms with Crippen LogP contribution in [0.5, 0.6) is 5.75 Å². The molecule has 6 nitrogen and oxygen atoms in total. The van der Waals surface area contributed by atoms with Gasteiger partial charge in [-0.15, -0.1) is 12.4 Å². The topological polar surface area (TPSA) is 79.0 Å². The van der Waals surface area contributed by atoms with E-state index in [4.69, 9.17) is 0 Å². The summed E-state index contributed by atoms with van der Waals surface area (Å²) in [5, 5.41) is 12.6. The third kappa shape index (κ3) is 5.99. The minimum atomic E-state index is -2.91. The van der Waals surface area contributed by atoms with Gasteiger partial charge in [0.25, 0.3) is 5.91 Å². The summed E-state index contributed by atoms with van der Waals surface area (Å²) < 4.78 is 29.0. The molecular weight excluding hydrogens is 354 g/mol. The van der Waals surface area contributed by atoms with Gasteiger partial charge in [-0.05, 0) is 25.6 Å². The van der Waals surface area contributed by atoms with Crippen LogP contribution in [0.25, 0.3) is 11.3 Å². The highest BCUT2D eigenvalue weighted by atomic mass is 35.5. The molecule has 0 bridgehead atoms. The standard InChI is InChI=1S/C16H20F2N4O2.ClH/c1-3-19-10(2)8-20-15(23)13-9-21-22-14(13)11-5-4-6-12(7-11)24-16(17)18;/h4-7,9-10,16,19H,3,8H2,1-2H3,(H,20,23)(H,21,22);1H/t10-;/m1./s1. The summed E-state index contributed by atoms with van der Waals surface area (Å²) in [5.74, 6) is -0.270. The largest absolute Gasteiger partial charge is 0.435 e. The van der Waals surface area contributed by atoms with Gasteiger partial charge in [-0.1, -0.05) is 19.1 Å². The van der Waals surface area contributed by atoms with Crippen LogP contribution in [-0.4, -0.2) is 41.8 Å². The maximum atomic E-state index is 12.3. The van der Waals surface area contributed by atoms with Crippen LogP contribution in [0.15, 0.2) is 30.5 Å². The number of amides is 1. The fourth-order valence-corrected chi connectivity index (χ4v) is 2.27. The molecule has 0 spiro atoms. The Labute approximate surface area is 150 Å². The molecule has 0 radical (unpaired) electrons. The van der Waals surface area contributed by atoms with Crippen molar-refractivity contribution < 1.29 is 18.3 Å². The highest BCUT2D eigenvalue weighted by Crippen LogP contribution is 2.25. The summed E-state index contributed by atoms with van der Waals surface area (Å²) in [6, 6.07) is 6.24. The number of rotatable bonds is 8. The summed E-state index contributed by atoms with van der Waals surface area (Å²) in [6.45, 7) is 2.32. The number of halogens is 3. The van der Waals surface area contributed by atoms with E-state index in [0.717, 1.165) is 6.54 Å². The molecule has 0 fully saturated rings. The Morgan fingerprint density at radius 2 is 2.16 bits per heavy atom. The maximum Gasteiger partial charge on any atom is 0.387 e. The number of alkyl halides is 2. The van der Waals surface area contributed by atoms with Crippen molar-refractivity contribution in [3.63, 3.8) is 0 Å². The number of hydrogen-bond acceptors (Lipinski definition) is 4. The van der Waals surface area contributed by atoms with Crippen LogP contribution in [0.1, 0.15) is 24.2 Å². The number of aromatic amines is 1. The minimum Gasteiger partial charge on any atom is -0.435 e. The van der Waals surface area contributed by atoms with E-state index >= 15 is 0 Å². The number of nitrogens with zero attached hydrogens (tertiary/aromatic N) is 1. The second-order valence-electron chi connectivity index (χ2n) is 5.23. The average molecular weight is 375 g/mol. The lowest BCUT2D eigenvalue weighted by Crippen LogP contribution is -2.38. The summed E-state index contributed by atoms with van der Waals surface area (Å²) in [4.78, 5) is 12.3. The molecule has 0 aliphatic rings. The molecule has 1 aromatic heterocycles. The fourth-order valence-electron chi connectivity index (χ4n) is 2.27. The highest BCUT2D eigenvalue weighted by molar-refractivity contribution is 5.99. The third-order valence-electron chi connectivity index (χ3n) is 3.35. The number of ether oxygens (including phenoxy) is 1. The van der Waals surface area contributed by atoms with E-state index in [1.807, 2.05) is 13.8 Å². The van der Waals surface area contributed by atoms with Gasteiger partial charge in [0.1, 0.15) is 5.75 Å². The molecule has 25 heavy (non-hydrogen) atoms. The van der Waals surface area contributed by atoms with Gasteiger partial charge in [0.05, 0.1) is 17.5 Å². The van der Waals surface area contributed by atoms with Gasteiger partial charge < -0.3 is 15.4 Å². The summed E-state index contributed by atoms with van der Waals surface area (Å²) >= 11 is 0. The van der Waals surface area contributed by atoms with Crippen molar-refractivity contribution in [2.24, 2.45) is 0 Å². The van der Waals surface area contributed by atoms with Gasteiger partial charge >= 0.3 is 6.61 Å². The van der Waals surface area contributed by atoms with Crippen molar-refractivity contribution in [3.05, 3.63) is 36.0 Å². The number of benzene rings is 1. The van der Waals surface area contributed by atoms with Crippen LogP contribution in [-0.2, 0) is 0 Å². The Morgan fingerprint density at radius 1 is 1.40 bits per heavy atom. The maximum absolute atomic E-state index is 12.3. The molecule has 9 heteroatoms. The molecule has 1 amide bonds. The number of hydrogen-bond donors (Lipinski definition) is 3. The Balaban J connectivity index is 0.00000312. The Bertz CT molecular complexity index is 682. The Kier molecular flexibility index (Phi) is 8.30. The second-order valence-corrected chi connectivity index (χ2v) is 5.23. The lowest BCUT2D eigenvalue weighted by Gasteiger charge is -2.13. The fraction of sp³-hybridized carbons (Fsp3) is 0.375. The van der Waals surface area contributed by atoms with E-state index < -0.39 is 6.61 Å². The molecule has 1 heterocycles. The number of carbonyl (C=O) groups excluding carboxylic acids is 1. The van der Waals surface area contributed by atoms with Crippen molar-refractivity contribution in [1.29, 1.82) is 0 Å². The number of H-pyrrole nitrogens is 1. The van der Waals surface area contributed by atoms with Crippen molar-refractivity contribution in [2.75, 3.05) is 13.1 Å².